The van der Waals surface area contributed by atoms with Crippen LogP contribution < -0.4 is 5.32 Å². The van der Waals surface area contributed by atoms with Gasteiger partial charge in [-0.3, -0.25) is 0 Å². The molecule has 0 saturated heterocycles. The Morgan fingerprint density at radius 1 is 1.21 bits per heavy atom. The third-order valence-corrected chi connectivity index (χ3v) is 3.38. The molecule has 0 aliphatic carbocycles. The number of thioether (sulfide) groups is 1. The molecule has 7 nitrogen and oxygen atoms in total. The van der Waals surface area contributed by atoms with Crippen molar-refractivity contribution >= 4 is 29.1 Å². The minimum absolute atomic E-state index is 0.0260. The number of benzene rings is 1. The zero-order chi connectivity index (χ0) is 18.2. The number of rotatable bonds is 6. The first-order valence-electron chi connectivity index (χ1n) is 7.23. The van der Waals surface area contributed by atoms with E-state index in [1.165, 1.54) is 0 Å². The third kappa shape index (κ3) is 8.42. The lowest BCUT2D eigenvalue weighted by atomic mass is 10.2. The summed E-state index contributed by atoms with van der Waals surface area (Å²) in [4.78, 5) is 34.4. The number of nitrogens with one attached hydrogen (secondary N) is 1. The van der Waals surface area contributed by atoms with Gasteiger partial charge in [0.15, 0.2) is 0 Å². The number of carboxylic acids is 1. The van der Waals surface area contributed by atoms with Crippen LogP contribution in [-0.4, -0.2) is 39.9 Å². The van der Waals surface area contributed by atoms with Crippen molar-refractivity contribution in [1.82, 2.24) is 5.32 Å². The number of aliphatic carboxylic acids is 1. The summed E-state index contributed by atoms with van der Waals surface area (Å²) >= 11 is 0.684. The van der Waals surface area contributed by atoms with Crippen molar-refractivity contribution in [2.24, 2.45) is 0 Å². The van der Waals surface area contributed by atoms with E-state index in [0.29, 0.717) is 11.8 Å². The number of hydrogen-bond donors (Lipinski definition) is 2. The van der Waals surface area contributed by atoms with E-state index >= 15 is 0 Å². The van der Waals surface area contributed by atoms with Gasteiger partial charge in [0, 0.05) is 5.75 Å². The summed E-state index contributed by atoms with van der Waals surface area (Å²) in [5.41, 5.74) is 0.118. The van der Waals surface area contributed by atoms with Crippen LogP contribution in [0.4, 0.5) is 9.59 Å². The van der Waals surface area contributed by atoms with Crippen molar-refractivity contribution < 1.29 is 29.0 Å². The van der Waals surface area contributed by atoms with E-state index in [2.05, 4.69) is 5.32 Å². The third-order valence-electron chi connectivity index (χ3n) is 2.56. The first kappa shape index (κ1) is 19.8. The molecule has 24 heavy (non-hydrogen) atoms. The molecule has 0 saturated carbocycles. The first-order valence-corrected chi connectivity index (χ1v) is 8.22. The summed E-state index contributed by atoms with van der Waals surface area (Å²) in [6.45, 7) is 5.15. The summed E-state index contributed by atoms with van der Waals surface area (Å²) < 4.78 is 10.0. The second-order valence-corrected chi connectivity index (χ2v) is 6.83. The molecule has 8 heteroatoms. The van der Waals surface area contributed by atoms with Gasteiger partial charge in [0.2, 0.25) is 0 Å². The van der Waals surface area contributed by atoms with Crippen LogP contribution in [-0.2, 0) is 20.9 Å². The summed E-state index contributed by atoms with van der Waals surface area (Å²) in [5.74, 6) is -1.42. The second-order valence-electron chi connectivity index (χ2n) is 5.87. The Morgan fingerprint density at radius 3 is 2.38 bits per heavy atom. The molecule has 1 aromatic carbocycles. The Balaban J connectivity index is 2.43. The van der Waals surface area contributed by atoms with Crippen LogP contribution in [0.5, 0.6) is 0 Å². The van der Waals surface area contributed by atoms with E-state index in [1.54, 1.807) is 45.0 Å². The summed E-state index contributed by atoms with van der Waals surface area (Å²) in [6, 6.07) is 7.73. The van der Waals surface area contributed by atoms with Crippen molar-refractivity contribution in [2.45, 2.75) is 39.0 Å². The molecule has 0 radical (unpaired) electrons. The average molecular weight is 355 g/mol. The maximum absolute atomic E-state index is 11.7. The minimum Gasteiger partial charge on any atom is -0.480 e. The fourth-order valence-corrected chi connectivity index (χ4v) is 2.35. The van der Waals surface area contributed by atoms with Gasteiger partial charge in [0.25, 0.3) is 0 Å². The van der Waals surface area contributed by atoms with E-state index in [-0.39, 0.29) is 12.4 Å². The van der Waals surface area contributed by atoms with E-state index in [9.17, 15) is 14.4 Å². The molecular weight excluding hydrogens is 334 g/mol. The number of carboxylic acid groups (broad SMARTS) is 1. The molecule has 0 aliphatic heterocycles. The highest BCUT2D eigenvalue weighted by atomic mass is 32.2. The molecule has 1 amide bonds. The van der Waals surface area contributed by atoms with E-state index in [0.717, 1.165) is 5.56 Å². The quantitative estimate of drug-likeness (QED) is 0.756. The zero-order valence-electron chi connectivity index (χ0n) is 13.8. The fourth-order valence-electron chi connectivity index (χ4n) is 1.51. The fraction of sp³-hybridized carbons (Fsp3) is 0.438. The van der Waals surface area contributed by atoms with Gasteiger partial charge in [-0.2, -0.15) is 0 Å². The lowest BCUT2D eigenvalue weighted by Crippen LogP contribution is -2.43. The first-order chi connectivity index (χ1) is 11.2. The predicted octanol–water partition coefficient (Wildman–Crippen LogP) is 3.03. The maximum atomic E-state index is 11.7. The highest BCUT2D eigenvalue weighted by Crippen LogP contribution is 2.15. The van der Waals surface area contributed by atoms with Crippen LogP contribution in [0.15, 0.2) is 30.3 Å². The van der Waals surface area contributed by atoms with Gasteiger partial charge in [0.05, 0.1) is 0 Å². The molecule has 0 aliphatic rings. The molecule has 1 rings (SSSR count). The van der Waals surface area contributed by atoms with Gasteiger partial charge >= 0.3 is 17.4 Å². The van der Waals surface area contributed by atoms with Crippen LogP contribution in [0, 0.1) is 0 Å². The summed E-state index contributed by atoms with van der Waals surface area (Å²) in [7, 11) is 0. The van der Waals surface area contributed by atoms with Crippen molar-refractivity contribution in [3.63, 3.8) is 0 Å². The van der Waals surface area contributed by atoms with Gasteiger partial charge in [-0.1, -0.05) is 30.3 Å². The molecule has 0 fully saturated rings. The van der Waals surface area contributed by atoms with E-state index < -0.39 is 29.0 Å². The molecule has 0 spiro atoms. The Morgan fingerprint density at radius 2 is 1.83 bits per heavy atom. The van der Waals surface area contributed by atoms with Crippen LogP contribution >= 0.6 is 11.8 Å². The van der Waals surface area contributed by atoms with Crippen molar-refractivity contribution in [2.75, 3.05) is 5.75 Å². The van der Waals surface area contributed by atoms with Crippen molar-refractivity contribution in [3.8, 4) is 0 Å². The van der Waals surface area contributed by atoms with Crippen LogP contribution in [0.2, 0.25) is 0 Å². The molecule has 0 heterocycles. The number of carbonyl (C=O) groups excluding carboxylic acids is 2. The molecule has 1 aromatic rings. The number of ether oxygens (including phenoxy) is 2. The van der Waals surface area contributed by atoms with Gasteiger partial charge in [-0.15, -0.1) is 0 Å². The zero-order valence-corrected chi connectivity index (χ0v) is 14.6. The van der Waals surface area contributed by atoms with Gasteiger partial charge in [-0.25, -0.2) is 14.4 Å². The van der Waals surface area contributed by atoms with Crippen LogP contribution in [0.1, 0.15) is 26.3 Å². The topological polar surface area (TPSA) is 102 Å². The highest BCUT2D eigenvalue weighted by Gasteiger charge is 2.24. The molecule has 1 atom stereocenters. The second kappa shape index (κ2) is 9.17. The number of amides is 1. The van der Waals surface area contributed by atoms with Crippen molar-refractivity contribution in [3.05, 3.63) is 35.9 Å². The number of carbonyl (C=O) groups is 3. The Kier molecular flexibility index (Phi) is 7.57. The predicted molar refractivity (Wildman–Crippen MR) is 89.9 cm³/mol. The Hall–Kier alpha value is -2.22. The van der Waals surface area contributed by atoms with Gasteiger partial charge < -0.3 is 19.9 Å². The van der Waals surface area contributed by atoms with E-state index in [4.69, 9.17) is 14.6 Å². The summed E-state index contributed by atoms with van der Waals surface area (Å²) in [5, 5.41) is 10.7. The largest absolute Gasteiger partial charge is 0.480 e. The van der Waals surface area contributed by atoms with E-state index in [1.807, 2.05) is 6.07 Å². The van der Waals surface area contributed by atoms with Crippen LogP contribution in [0.25, 0.3) is 0 Å². The lowest BCUT2D eigenvalue weighted by molar-refractivity contribution is -0.138. The monoisotopic (exact) mass is 355 g/mol. The lowest BCUT2D eigenvalue weighted by Gasteiger charge is -2.19. The Bertz CT molecular complexity index is 570. The summed E-state index contributed by atoms with van der Waals surface area (Å²) in [6.07, 6.45) is -0.865. The smallest absolute Gasteiger partial charge is 0.408 e. The molecule has 132 valence electrons. The average Bonchev–Trinajstić information content (AvgIpc) is 2.48. The highest BCUT2D eigenvalue weighted by molar-refractivity contribution is 8.13. The maximum Gasteiger partial charge on any atom is 0.408 e. The van der Waals surface area contributed by atoms with Gasteiger partial charge in [0.1, 0.15) is 18.2 Å². The SMILES string of the molecule is CC(C)(C)OC(=O)SC[C@H](NC(=O)OCc1ccccc1)C(=O)O. The van der Waals surface area contributed by atoms with Gasteiger partial charge in [-0.05, 0) is 38.1 Å². The Labute approximate surface area is 144 Å². The van der Waals surface area contributed by atoms with Crippen molar-refractivity contribution in [1.29, 1.82) is 0 Å². The van der Waals surface area contributed by atoms with Crippen LogP contribution in [0.3, 0.4) is 0 Å². The molecule has 2 N–H and O–H groups in total. The standard InChI is InChI=1S/C16H21NO6S/c1-16(2,3)23-15(21)24-10-12(13(18)19)17-14(20)22-9-11-7-5-4-6-8-11/h4-8,12H,9-10H2,1-3H3,(H,17,20)(H,18,19)/t12-/m0/s1. The molecule has 0 bridgehead atoms. The normalized spacial score (nSPS) is 12.1. The number of hydrogen-bond acceptors (Lipinski definition) is 6. The molecule has 0 unspecified atom stereocenters. The number of alkyl carbamates (subject to hydrolysis) is 1. The molecular formula is C16H21NO6S. The molecule has 0 aromatic heterocycles. The minimum atomic E-state index is -1.26.